The number of carbonyl (C=O) groups excluding carboxylic acids is 2. The first-order chi connectivity index (χ1) is 19.5. The summed E-state index contributed by atoms with van der Waals surface area (Å²) >= 11 is 0. The third-order valence-electron chi connectivity index (χ3n) is 8.39. The molecule has 196 valence electrons. The Kier molecular flexibility index (Phi) is 4.79. The van der Waals surface area contributed by atoms with Gasteiger partial charge in [0.25, 0.3) is 11.8 Å². The van der Waals surface area contributed by atoms with Gasteiger partial charge in [-0.3, -0.25) is 14.5 Å². The van der Waals surface area contributed by atoms with E-state index in [0.717, 1.165) is 49.2 Å². The Morgan fingerprint density at radius 1 is 0.875 bits per heavy atom. The Bertz CT molecular complexity index is 2070. The Balaban J connectivity index is 1.47. The maximum atomic E-state index is 14.3. The van der Waals surface area contributed by atoms with Crippen LogP contribution >= 0.6 is 0 Å². The first-order valence-corrected chi connectivity index (χ1v) is 13.4. The van der Waals surface area contributed by atoms with Crippen LogP contribution in [0.25, 0.3) is 43.6 Å². The molecule has 1 aliphatic carbocycles. The lowest BCUT2D eigenvalue weighted by molar-refractivity contribution is 0.0643. The molecular formula is C33H25N3O4. The fourth-order valence-corrected chi connectivity index (χ4v) is 6.64. The summed E-state index contributed by atoms with van der Waals surface area (Å²) in [5, 5.41) is 13.7. The number of para-hydroxylation sites is 2. The van der Waals surface area contributed by atoms with Crippen molar-refractivity contribution in [1.29, 1.82) is 0 Å². The number of methoxy groups -OCH3 is 1. The van der Waals surface area contributed by atoms with Crippen molar-refractivity contribution in [2.24, 2.45) is 0 Å². The number of hydrogen-bond donors (Lipinski definition) is 2. The zero-order valence-corrected chi connectivity index (χ0v) is 21.7. The van der Waals surface area contributed by atoms with Crippen molar-refractivity contribution in [3.8, 4) is 5.75 Å². The molecule has 8 rings (SSSR count). The lowest BCUT2D eigenvalue weighted by Gasteiger charge is -2.16. The summed E-state index contributed by atoms with van der Waals surface area (Å²) in [6, 6.07) is 23.2. The largest absolute Gasteiger partial charge is 0.497 e. The maximum absolute atomic E-state index is 14.3. The van der Waals surface area contributed by atoms with Gasteiger partial charge in [0.2, 0.25) is 0 Å². The SMILES string of the molecule is COc1ccc(CN2C(=O)c3c(c4c5ccccc5n(C5C=C[C@H](O)C5)c4c4[nH]c5ccccc5c34)C2=O)cc1. The summed E-state index contributed by atoms with van der Waals surface area (Å²) in [6.45, 7) is 0.165. The molecule has 2 atom stereocenters. The number of benzene rings is 4. The Morgan fingerprint density at radius 3 is 2.30 bits per heavy atom. The highest BCUT2D eigenvalue weighted by molar-refractivity contribution is 6.39. The molecule has 0 bridgehead atoms. The summed E-state index contributed by atoms with van der Waals surface area (Å²) in [5.41, 5.74) is 5.31. The number of hydrogen-bond acceptors (Lipinski definition) is 4. The van der Waals surface area contributed by atoms with Gasteiger partial charge in [0.15, 0.2) is 0 Å². The summed E-state index contributed by atoms with van der Waals surface area (Å²) in [5.74, 6) is 0.130. The highest BCUT2D eigenvalue weighted by Crippen LogP contribution is 2.47. The summed E-state index contributed by atoms with van der Waals surface area (Å²) in [6.07, 6.45) is 3.87. The van der Waals surface area contributed by atoms with E-state index in [1.165, 1.54) is 4.90 Å². The van der Waals surface area contributed by atoms with Crippen LogP contribution in [0.4, 0.5) is 0 Å². The first kappa shape index (κ1) is 23.0. The Morgan fingerprint density at radius 2 is 1.57 bits per heavy atom. The number of H-pyrrole nitrogens is 1. The Labute approximate surface area is 228 Å². The van der Waals surface area contributed by atoms with Crippen LogP contribution in [0.3, 0.4) is 0 Å². The number of aliphatic hydroxyl groups is 1. The highest BCUT2D eigenvalue weighted by Gasteiger charge is 2.42. The quantitative estimate of drug-likeness (QED) is 0.214. The number of aromatic nitrogens is 2. The number of rotatable bonds is 4. The van der Waals surface area contributed by atoms with Gasteiger partial charge < -0.3 is 19.4 Å². The third-order valence-corrected chi connectivity index (χ3v) is 8.39. The Hall–Kier alpha value is -4.88. The average molecular weight is 528 g/mol. The van der Waals surface area contributed by atoms with Crippen molar-refractivity contribution in [3.63, 3.8) is 0 Å². The van der Waals surface area contributed by atoms with E-state index in [2.05, 4.69) is 9.55 Å². The fraction of sp³-hybridized carbons (Fsp3) is 0.152. The number of aliphatic hydroxyl groups excluding tert-OH is 1. The minimum Gasteiger partial charge on any atom is -0.497 e. The molecule has 40 heavy (non-hydrogen) atoms. The number of carbonyl (C=O) groups is 2. The predicted molar refractivity (Wildman–Crippen MR) is 155 cm³/mol. The molecular weight excluding hydrogens is 502 g/mol. The normalized spacial score (nSPS) is 18.7. The molecule has 2 amide bonds. The van der Waals surface area contributed by atoms with E-state index < -0.39 is 6.10 Å². The second-order valence-corrected chi connectivity index (χ2v) is 10.6. The van der Waals surface area contributed by atoms with Crippen molar-refractivity contribution >= 4 is 55.4 Å². The minimum atomic E-state index is -0.531. The number of nitrogens with one attached hydrogen (secondary N) is 1. The molecule has 7 nitrogen and oxygen atoms in total. The number of aromatic amines is 1. The number of ether oxygens (including phenoxy) is 1. The molecule has 0 spiro atoms. The van der Waals surface area contributed by atoms with E-state index in [4.69, 9.17) is 4.74 Å². The molecule has 2 aromatic heterocycles. The molecule has 7 heteroatoms. The van der Waals surface area contributed by atoms with Crippen LogP contribution in [0.15, 0.2) is 84.9 Å². The number of imide groups is 1. The second-order valence-electron chi connectivity index (χ2n) is 10.6. The molecule has 2 aliphatic rings. The summed E-state index contributed by atoms with van der Waals surface area (Å²) in [4.78, 5) is 33.4. The number of fused-ring (bicyclic) bond motifs is 10. The van der Waals surface area contributed by atoms with Gasteiger partial charge in [-0.1, -0.05) is 60.7 Å². The fourth-order valence-electron chi connectivity index (χ4n) is 6.64. The van der Waals surface area contributed by atoms with Crippen LogP contribution in [-0.2, 0) is 6.54 Å². The van der Waals surface area contributed by atoms with Gasteiger partial charge in [-0.25, -0.2) is 0 Å². The molecule has 1 aliphatic heterocycles. The van der Waals surface area contributed by atoms with Crippen LogP contribution in [0.5, 0.6) is 5.75 Å². The number of allylic oxidation sites excluding steroid dienone is 1. The monoisotopic (exact) mass is 527 g/mol. The van der Waals surface area contributed by atoms with Gasteiger partial charge in [-0.15, -0.1) is 0 Å². The molecule has 6 aromatic rings. The molecule has 0 saturated carbocycles. The molecule has 0 fully saturated rings. The number of nitrogens with zero attached hydrogens (tertiary/aromatic N) is 2. The predicted octanol–water partition coefficient (Wildman–Crippen LogP) is 6.10. The van der Waals surface area contributed by atoms with Crippen molar-refractivity contribution < 1.29 is 19.4 Å². The zero-order valence-electron chi connectivity index (χ0n) is 21.7. The van der Waals surface area contributed by atoms with Crippen molar-refractivity contribution in [1.82, 2.24) is 14.5 Å². The molecule has 3 heterocycles. The van der Waals surface area contributed by atoms with E-state index in [0.29, 0.717) is 23.3 Å². The average Bonchev–Trinajstić information content (AvgIpc) is 3.72. The van der Waals surface area contributed by atoms with Gasteiger partial charge >= 0.3 is 0 Å². The van der Waals surface area contributed by atoms with Crippen molar-refractivity contribution in [2.75, 3.05) is 7.11 Å². The molecule has 4 aromatic carbocycles. The topological polar surface area (TPSA) is 87.6 Å². The van der Waals surface area contributed by atoms with Gasteiger partial charge in [0.05, 0.1) is 48.0 Å². The molecule has 2 N–H and O–H groups in total. The van der Waals surface area contributed by atoms with E-state index in [1.807, 2.05) is 84.9 Å². The van der Waals surface area contributed by atoms with Crippen molar-refractivity contribution in [2.45, 2.75) is 25.1 Å². The van der Waals surface area contributed by atoms with Crippen LogP contribution in [0.1, 0.15) is 38.7 Å². The second kappa shape index (κ2) is 8.31. The van der Waals surface area contributed by atoms with Gasteiger partial charge in [-0.2, -0.15) is 0 Å². The van der Waals surface area contributed by atoms with Crippen LogP contribution in [0, 0.1) is 0 Å². The van der Waals surface area contributed by atoms with Gasteiger partial charge in [0, 0.05) is 39.0 Å². The third kappa shape index (κ3) is 3.03. The van der Waals surface area contributed by atoms with E-state index in [-0.39, 0.29) is 24.4 Å². The standard InChI is InChI=1S/C33H25N3O4/c1-40-21-14-10-18(11-15-21)17-35-32(38)28-26-22-6-2-4-8-24(22)34-30(26)31-27(29(28)33(35)39)23-7-3-5-9-25(23)36(31)19-12-13-20(37)16-19/h2-15,19-20,34,37H,16-17H2,1H3/t19?,20-/m0/s1. The van der Waals surface area contributed by atoms with Crippen LogP contribution in [-0.4, -0.2) is 44.6 Å². The van der Waals surface area contributed by atoms with E-state index in [9.17, 15) is 14.7 Å². The number of amides is 2. The van der Waals surface area contributed by atoms with Gasteiger partial charge in [0.1, 0.15) is 5.75 Å². The van der Waals surface area contributed by atoms with Crippen LogP contribution in [0.2, 0.25) is 0 Å². The summed E-state index contributed by atoms with van der Waals surface area (Å²) < 4.78 is 7.50. The lowest BCUT2D eigenvalue weighted by Crippen LogP contribution is -2.29. The summed E-state index contributed by atoms with van der Waals surface area (Å²) in [7, 11) is 1.61. The highest BCUT2D eigenvalue weighted by atomic mass is 16.5. The van der Waals surface area contributed by atoms with Crippen molar-refractivity contribution in [3.05, 3.63) is 102 Å². The first-order valence-electron chi connectivity index (χ1n) is 13.4. The van der Waals surface area contributed by atoms with E-state index >= 15 is 0 Å². The smallest absolute Gasteiger partial charge is 0.262 e. The molecule has 1 unspecified atom stereocenters. The maximum Gasteiger partial charge on any atom is 0.262 e. The van der Waals surface area contributed by atoms with E-state index in [1.54, 1.807) is 7.11 Å². The molecule has 0 saturated heterocycles. The molecule has 0 radical (unpaired) electrons. The lowest BCUT2D eigenvalue weighted by atomic mass is 9.96. The van der Waals surface area contributed by atoms with Crippen LogP contribution < -0.4 is 4.74 Å². The van der Waals surface area contributed by atoms with Gasteiger partial charge in [-0.05, 0) is 29.8 Å². The minimum absolute atomic E-state index is 0.0901. The zero-order chi connectivity index (χ0) is 27.1.